The second kappa shape index (κ2) is 3.67. The number of aliphatic hydroxyl groups excluding tert-OH is 1. The summed E-state index contributed by atoms with van der Waals surface area (Å²) in [5.41, 5.74) is 5.40. The van der Waals surface area contributed by atoms with Crippen molar-refractivity contribution in [3.63, 3.8) is 0 Å². The van der Waals surface area contributed by atoms with E-state index in [9.17, 15) is 5.11 Å². The van der Waals surface area contributed by atoms with Gasteiger partial charge in [0, 0.05) is 6.04 Å². The maximum absolute atomic E-state index is 9.79. The van der Waals surface area contributed by atoms with Crippen molar-refractivity contribution in [2.45, 2.75) is 38.3 Å². The van der Waals surface area contributed by atoms with Crippen LogP contribution in [0.2, 0.25) is 0 Å². The molecule has 1 aromatic rings. The zero-order chi connectivity index (χ0) is 10.1. The third kappa shape index (κ3) is 1.65. The van der Waals surface area contributed by atoms with E-state index in [1.165, 1.54) is 12.8 Å². The third-order valence-electron chi connectivity index (χ3n) is 2.54. The first kappa shape index (κ1) is 9.61. The first-order valence-corrected chi connectivity index (χ1v) is 5.03. The maximum Gasteiger partial charge on any atom is 0.162 e. The minimum Gasteiger partial charge on any atom is -0.385 e. The van der Waals surface area contributed by atoms with E-state index >= 15 is 0 Å². The van der Waals surface area contributed by atoms with Crippen molar-refractivity contribution in [2.75, 3.05) is 6.54 Å². The van der Waals surface area contributed by atoms with Crippen LogP contribution in [0.15, 0.2) is 0 Å². The number of rotatable bonds is 4. The van der Waals surface area contributed by atoms with Gasteiger partial charge in [-0.25, -0.2) is 0 Å². The molecule has 1 aromatic heterocycles. The summed E-state index contributed by atoms with van der Waals surface area (Å²) in [5, 5.41) is 17.8. The standard InChI is InChI=1S/C9H16N4O/c1-6-11-12-9(8(14)4-5-10)13(6)7-2-3-7/h7-8,14H,2-5,10H2,1H3. The number of aryl methyl sites for hydroxylation is 1. The third-order valence-corrected chi connectivity index (χ3v) is 2.54. The van der Waals surface area contributed by atoms with Gasteiger partial charge in [-0.05, 0) is 32.7 Å². The van der Waals surface area contributed by atoms with Gasteiger partial charge < -0.3 is 15.4 Å². The van der Waals surface area contributed by atoms with Crippen molar-refractivity contribution < 1.29 is 5.11 Å². The zero-order valence-corrected chi connectivity index (χ0v) is 8.35. The van der Waals surface area contributed by atoms with Crippen LogP contribution in [-0.2, 0) is 0 Å². The van der Waals surface area contributed by atoms with E-state index in [2.05, 4.69) is 10.2 Å². The molecule has 0 aromatic carbocycles. The molecule has 1 saturated carbocycles. The molecule has 0 radical (unpaired) electrons. The highest BCUT2D eigenvalue weighted by molar-refractivity contribution is 5.03. The molecule has 5 heteroatoms. The molecule has 0 spiro atoms. The van der Waals surface area contributed by atoms with E-state index < -0.39 is 6.10 Å². The van der Waals surface area contributed by atoms with Gasteiger partial charge in [-0.15, -0.1) is 10.2 Å². The molecule has 0 saturated heterocycles. The van der Waals surface area contributed by atoms with Gasteiger partial charge in [0.2, 0.25) is 0 Å². The first-order chi connectivity index (χ1) is 6.74. The van der Waals surface area contributed by atoms with E-state index in [-0.39, 0.29) is 0 Å². The number of hydrogen-bond donors (Lipinski definition) is 2. The Morgan fingerprint density at radius 3 is 2.86 bits per heavy atom. The molecular formula is C9H16N4O. The normalized spacial score (nSPS) is 18.5. The van der Waals surface area contributed by atoms with Crippen LogP contribution in [0.5, 0.6) is 0 Å². The van der Waals surface area contributed by atoms with Crippen LogP contribution in [0.25, 0.3) is 0 Å². The molecule has 0 bridgehead atoms. The van der Waals surface area contributed by atoms with Crippen LogP contribution in [0, 0.1) is 6.92 Å². The van der Waals surface area contributed by atoms with Crippen molar-refractivity contribution in [1.82, 2.24) is 14.8 Å². The number of aromatic nitrogens is 3. The van der Waals surface area contributed by atoms with Crippen LogP contribution >= 0.6 is 0 Å². The predicted molar refractivity (Wildman–Crippen MR) is 51.7 cm³/mol. The van der Waals surface area contributed by atoms with Gasteiger partial charge >= 0.3 is 0 Å². The van der Waals surface area contributed by atoms with E-state index in [0.717, 1.165) is 5.82 Å². The molecule has 14 heavy (non-hydrogen) atoms. The summed E-state index contributed by atoms with van der Waals surface area (Å²) in [7, 11) is 0. The topological polar surface area (TPSA) is 77.0 Å². The lowest BCUT2D eigenvalue weighted by Gasteiger charge is -2.11. The highest BCUT2D eigenvalue weighted by Crippen LogP contribution is 2.37. The van der Waals surface area contributed by atoms with Crippen molar-refractivity contribution in [2.24, 2.45) is 5.73 Å². The Labute approximate surface area is 82.9 Å². The quantitative estimate of drug-likeness (QED) is 0.726. The highest BCUT2D eigenvalue weighted by Gasteiger charge is 2.30. The van der Waals surface area contributed by atoms with Crippen LogP contribution in [0.3, 0.4) is 0 Å². The van der Waals surface area contributed by atoms with Gasteiger partial charge in [-0.1, -0.05) is 0 Å². The monoisotopic (exact) mass is 196 g/mol. The lowest BCUT2D eigenvalue weighted by Crippen LogP contribution is -2.12. The lowest BCUT2D eigenvalue weighted by molar-refractivity contribution is 0.155. The summed E-state index contributed by atoms with van der Waals surface area (Å²) >= 11 is 0. The number of aliphatic hydroxyl groups is 1. The van der Waals surface area contributed by atoms with Crippen molar-refractivity contribution >= 4 is 0 Å². The van der Waals surface area contributed by atoms with Gasteiger partial charge in [-0.2, -0.15) is 0 Å². The molecule has 5 nitrogen and oxygen atoms in total. The Hall–Kier alpha value is -0.940. The Morgan fingerprint density at radius 1 is 1.57 bits per heavy atom. The number of nitrogens with two attached hydrogens (primary N) is 1. The molecule has 1 aliphatic carbocycles. The van der Waals surface area contributed by atoms with Crippen LogP contribution in [-0.4, -0.2) is 26.4 Å². The fourth-order valence-electron chi connectivity index (χ4n) is 1.68. The average Bonchev–Trinajstić information content (AvgIpc) is 2.90. The molecule has 1 aliphatic rings. The Bertz CT molecular complexity index is 319. The summed E-state index contributed by atoms with van der Waals surface area (Å²) < 4.78 is 2.04. The van der Waals surface area contributed by atoms with Gasteiger partial charge in [0.15, 0.2) is 5.82 Å². The van der Waals surface area contributed by atoms with Crippen molar-refractivity contribution in [3.05, 3.63) is 11.6 Å². The average molecular weight is 196 g/mol. The fraction of sp³-hybridized carbons (Fsp3) is 0.778. The van der Waals surface area contributed by atoms with Gasteiger partial charge in [0.1, 0.15) is 11.9 Å². The van der Waals surface area contributed by atoms with Crippen molar-refractivity contribution in [3.8, 4) is 0 Å². The van der Waals surface area contributed by atoms with E-state index in [1.54, 1.807) is 0 Å². The second-order valence-corrected chi connectivity index (χ2v) is 3.80. The Balaban J connectivity index is 2.23. The SMILES string of the molecule is Cc1nnc(C(O)CCN)n1C1CC1. The highest BCUT2D eigenvalue weighted by atomic mass is 16.3. The molecule has 1 fully saturated rings. The first-order valence-electron chi connectivity index (χ1n) is 5.03. The largest absolute Gasteiger partial charge is 0.385 e. The second-order valence-electron chi connectivity index (χ2n) is 3.80. The maximum atomic E-state index is 9.79. The van der Waals surface area contributed by atoms with Gasteiger partial charge in [-0.3, -0.25) is 0 Å². The summed E-state index contributed by atoms with van der Waals surface area (Å²) in [5.74, 6) is 1.56. The van der Waals surface area contributed by atoms with E-state index in [4.69, 9.17) is 5.73 Å². The van der Waals surface area contributed by atoms with E-state index in [1.807, 2.05) is 11.5 Å². The number of nitrogens with zero attached hydrogens (tertiary/aromatic N) is 3. The summed E-state index contributed by atoms with van der Waals surface area (Å²) in [6.45, 7) is 2.39. The minimum atomic E-state index is -0.568. The fourth-order valence-corrected chi connectivity index (χ4v) is 1.68. The summed E-state index contributed by atoms with van der Waals surface area (Å²) in [4.78, 5) is 0. The molecule has 1 atom stereocenters. The molecule has 0 aliphatic heterocycles. The van der Waals surface area contributed by atoms with Crippen LogP contribution < -0.4 is 5.73 Å². The Kier molecular flexibility index (Phi) is 2.52. The Morgan fingerprint density at radius 2 is 2.29 bits per heavy atom. The minimum absolute atomic E-state index is 0.470. The van der Waals surface area contributed by atoms with Crippen LogP contribution in [0.4, 0.5) is 0 Å². The van der Waals surface area contributed by atoms with E-state index in [0.29, 0.717) is 24.8 Å². The molecule has 1 unspecified atom stereocenters. The molecule has 1 heterocycles. The molecule has 0 amide bonds. The molecule has 3 N–H and O–H groups in total. The smallest absolute Gasteiger partial charge is 0.162 e. The van der Waals surface area contributed by atoms with Gasteiger partial charge in [0.25, 0.3) is 0 Å². The molecule has 2 rings (SSSR count). The lowest BCUT2D eigenvalue weighted by atomic mass is 10.2. The van der Waals surface area contributed by atoms with Crippen molar-refractivity contribution in [1.29, 1.82) is 0 Å². The van der Waals surface area contributed by atoms with Gasteiger partial charge in [0.05, 0.1) is 0 Å². The predicted octanol–water partition coefficient (Wildman–Crippen LogP) is 0.304. The summed E-state index contributed by atoms with van der Waals surface area (Å²) in [6.07, 6.45) is 2.31. The summed E-state index contributed by atoms with van der Waals surface area (Å²) in [6, 6.07) is 0.507. The molecule has 78 valence electrons. The number of hydrogen-bond acceptors (Lipinski definition) is 4. The zero-order valence-electron chi connectivity index (χ0n) is 8.35. The molecular weight excluding hydrogens is 180 g/mol. The van der Waals surface area contributed by atoms with Crippen LogP contribution in [0.1, 0.15) is 43.1 Å².